The molecule has 0 aliphatic heterocycles. The number of nitrogens with zero attached hydrogens (tertiary/aromatic N) is 3. The molecule has 1 unspecified atom stereocenters. The van der Waals surface area contributed by atoms with Crippen LogP contribution in [0.4, 0.5) is 0 Å². The molecule has 0 spiro atoms. The number of rotatable bonds is 6. The van der Waals surface area contributed by atoms with Gasteiger partial charge in [-0.3, -0.25) is 0 Å². The Hall–Kier alpha value is -1.20. The second-order valence-corrected chi connectivity index (χ2v) is 5.56. The Morgan fingerprint density at radius 1 is 1.32 bits per heavy atom. The summed E-state index contributed by atoms with van der Waals surface area (Å²) in [7, 11) is 0. The largest absolute Gasteiger partial charge is 0.317 e. The lowest BCUT2D eigenvalue weighted by molar-refractivity contribution is 0.518. The molecule has 0 saturated heterocycles. The number of nitrogens with one attached hydrogen (secondary N) is 1. The summed E-state index contributed by atoms with van der Waals surface area (Å²) in [5.41, 5.74) is 1.33. The van der Waals surface area contributed by atoms with Crippen LogP contribution in [-0.4, -0.2) is 20.8 Å². The van der Waals surface area contributed by atoms with Gasteiger partial charge >= 0.3 is 0 Å². The maximum Gasteiger partial charge on any atom is 0.146 e. The third kappa shape index (κ3) is 4.14. The number of hydrogen-bond acceptors (Lipinski definition) is 3. The van der Waals surface area contributed by atoms with Gasteiger partial charge in [-0.25, -0.2) is 0 Å². The molecule has 1 atom stereocenters. The van der Waals surface area contributed by atoms with Gasteiger partial charge in [0.25, 0.3) is 0 Å². The number of hydrogen-bond donors (Lipinski definition) is 1. The molecule has 19 heavy (non-hydrogen) atoms. The maximum absolute atomic E-state index is 4.12. The predicted molar refractivity (Wildman–Crippen MR) is 79.8 cm³/mol. The van der Waals surface area contributed by atoms with E-state index in [9.17, 15) is 0 Å². The highest BCUT2D eigenvalue weighted by Crippen LogP contribution is 2.12. The van der Waals surface area contributed by atoms with Gasteiger partial charge in [-0.15, -0.1) is 10.2 Å². The standard InChI is InChI=1S/C14H19BrN4/c1-3-19-10-17-18-14(19)9-16-11(2)8-12-4-6-13(15)7-5-12/h4-7,10-11,16H,3,8-9H2,1-2H3. The molecule has 1 aromatic carbocycles. The van der Waals surface area contributed by atoms with Gasteiger partial charge in [-0.05, 0) is 38.0 Å². The zero-order valence-electron chi connectivity index (χ0n) is 11.3. The first-order valence-corrected chi connectivity index (χ1v) is 7.33. The van der Waals surface area contributed by atoms with Gasteiger partial charge in [0.15, 0.2) is 0 Å². The van der Waals surface area contributed by atoms with E-state index in [4.69, 9.17) is 0 Å². The second-order valence-electron chi connectivity index (χ2n) is 4.65. The lowest BCUT2D eigenvalue weighted by Gasteiger charge is -2.14. The van der Waals surface area contributed by atoms with Crippen LogP contribution in [0.5, 0.6) is 0 Å². The Labute approximate surface area is 122 Å². The van der Waals surface area contributed by atoms with Crippen molar-refractivity contribution >= 4 is 15.9 Å². The van der Waals surface area contributed by atoms with E-state index in [0.29, 0.717) is 6.04 Å². The summed E-state index contributed by atoms with van der Waals surface area (Å²) in [4.78, 5) is 0. The van der Waals surface area contributed by atoms with E-state index < -0.39 is 0 Å². The zero-order valence-corrected chi connectivity index (χ0v) is 12.9. The van der Waals surface area contributed by atoms with E-state index in [2.05, 4.69) is 74.1 Å². The molecular weight excluding hydrogens is 304 g/mol. The SMILES string of the molecule is CCn1cnnc1CNC(C)Cc1ccc(Br)cc1. The molecule has 1 aromatic heterocycles. The van der Waals surface area contributed by atoms with Crippen molar-refractivity contribution < 1.29 is 0 Å². The number of halogens is 1. The van der Waals surface area contributed by atoms with Crippen LogP contribution in [-0.2, 0) is 19.5 Å². The summed E-state index contributed by atoms with van der Waals surface area (Å²) >= 11 is 3.45. The summed E-state index contributed by atoms with van der Waals surface area (Å²) in [5.74, 6) is 0.991. The average molecular weight is 323 g/mol. The minimum absolute atomic E-state index is 0.406. The Kier molecular flexibility index (Phi) is 5.10. The monoisotopic (exact) mass is 322 g/mol. The smallest absolute Gasteiger partial charge is 0.146 e. The number of aromatic nitrogens is 3. The van der Waals surface area contributed by atoms with Crippen molar-refractivity contribution in [2.45, 2.75) is 39.4 Å². The van der Waals surface area contributed by atoms with Crippen LogP contribution in [0.2, 0.25) is 0 Å². The van der Waals surface area contributed by atoms with Crippen molar-refractivity contribution in [1.82, 2.24) is 20.1 Å². The quantitative estimate of drug-likeness (QED) is 0.889. The van der Waals surface area contributed by atoms with E-state index in [-0.39, 0.29) is 0 Å². The van der Waals surface area contributed by atoms with E-state index in [0.717, 1.165) is 29.8 Å². The summed E-state index contributed by atoms with van der Waals surface area (Å²) in [6, 6.07) is 8.86. The molecule has 0 aliphatic rings. The molecule has 102 valence electrons. The first-order chi connectivity index (χ1) is 9.19. The molecule has 0 saturated carbocycles. The molecular formula is C14H19BrN4. The summed E-state index contributed by atoms with van der Waals surface area (Å²) in [5, 5.41) is 11.5. The highest BCUT2D eigenvalue weighted by molar-refractivity contribution is 9.10. The molecule has 1 heterocycles. The normalized spacial score (nSPS) is 12.6. The van der Waals surface area contributed by atoms with Gasteiger partial charge in [-0.1, -0.05) is 28.1 Å². The van der Waals surface area contributed by atoms with Crippen molar-refractivity contribution in [3.63, 3.8) is 0 Å². The molecule has 0 amide bonds. The number of benzene rings is 1. The third-order valence-electron chi connectivity index (χ3n) is 3.10. The van der Waals surface area contributed by atoms with Gasteiger partial charge in [0, 0.05) is 17.1 Å². The number of aryl methyl sites for hydroxylation is 1. The lowest BCUT2D eigenvalue weighted by Crippen LogP contribution is -2.28. The maximum atomic E-state index is 4.12. The topological polar surface area (TPSA) is 42.7 Å². The minimum Gasteiger partial charge on any atom is -0.317 e. The Bertz CT molecular complexity index is 506. The minimum atomic E-state index is 0.406. The Morgan fingerprint density at radius 2 is 2.05 bits per heavy atom. The Balaban J connectivity index is 1.84. The summed E-state index contributed by atoms with van der Waals surface area (Å²) in [6.07, 6.45) is 2.78. The molecule has 0 bridgehead atoms. The molecule has 5 heteroatoms. The van der Waals surface area contributed by atoms with Gasteiger partial charge < -0.3 is 9.88 Å². The lowest BCUT2D eigenvalue weighted by atomic mass is 10.1. The van der Waals surface area contributed by atoms with Crippen molar-refractivity contribution in [1.29, 1.82) is 0 Å². The summed E-state index contributed by atoms with van der Waals surface area (Å²) < 4.78 is 3.17. The van der Waals surface area contributed by atoms with Gasteiger partial charge in [0.2, 0.25) is 0 Å². The summed E-state index contributed by atoms with van der Waals surface area (Å²) in [6.45, 7) is 5.95. The van der Waals surface area contributed by atoms with E-state index in [1.165, 1.54) is 5.56 Å². The second kappa shape index (κ2) is 6.82. The third-order valence-corrected chi connectivity index (χ3v) is 3.63. The van der Waals surface area contributed by atoms with Crippen molar-refractivity contribution in [2.75, 3.05) is 0 Å². The van der Waals surface area contributed by atoms with Crippen LogP contribution >= 0.6 is 15.9 Å². The predicted octanol–water partition coefficient (Wildman–Crippen LogP) is 2.78. The fraction of sp³-hybridized carbons (Fsp3) is 0.429. The molecule has 0 fully saturated rings. The van der Waals surface area contributed by atoms with Crippen LogP contribution < -0.4 is 5.32 Å². The van der Waals surface area contributed by atoms with Gasteiger partial charge in [0.05, 0.1) is 6.54 Å². The molecule has 0 aliphatic carbocycles. The van der Waals surface area contributed by atoms with Crippen molar-refractivity contribution in [2.24, 2.45) is 0 Å². The first-order valence-electron chi connectivity index (χ1n) is 6.53. The van der Waals surface area contributed by atoms with Gasteiger partial charge in [0.1, 0.15) is 12.2 Å². The first kappa shape index (κ1) is 14.2. The Morgan fingerprint density at radius 3 is 2.74 bits per heavy atom. The zero-order chi connectivity index (χ0) is 13.7. The molecule has 1 N–H and O–H groups in total. The van der Waals surface area contributed by atoms with Crippen molar-refractivity contribution in [3.8, 4) is 0 Å². The molecule has 0 radical (unpaired) electrons. The molecule has 2 rings (SSSR count). The van der Waals surface area contributed by atoms with Crippen LogP contribution in [0, 0.1) is 0 Å². The van der Waals surface area contributed by atoms with E-state index in [1.54, 1.807) is 6.33 Å². The fourth-order valence-corrected chi connectivity index (χ4v) is 2.26. The molecule has 4 nitrogen and oxygen atoms in total. The average Bonchev–Trinajstić information content (AvgIpc) is 2.86. The van der Waals surface area contributed by atoms with Crippen LogP contribution in [0.15, 0.2) is 35.1 Å². The highest BCUT2D eigenvalue weighted by atomic mass is 79.9. The van der Waals surface area contributed by atoms with Crippen LogP contribution in [0.3, 0.4) is 0 Å². The van der Waals surface area contributed by atoms with E-state index in [1.807, 2.05) is 0 Å². The van der Waals surface area contributed by atoms with Gasteiger partial charge in [-0.2, -0.15) is 0 Å². The van der Waals surface area contributed by atoms with Crippen LogP contribution in [0.25, 0.3) is 0 Å². The van der Waals surface area contributed by atoms with Crippen molar-refractivity contribution in [3.05, 3.63) is 46.5 Å². The van der Waals surface area contributed by atoms with E-state index >= 15 is 0 Å². The highest BCUT2D eigenvalue weighted by Gasteiger charge is 2.06. The molecule has 2 aromatic rings. The van der Waals surface area contributed by atoms with Crippen LogP contribution in [0.1, 0.15) is 25.2 Å². The fourth-order valence-electron chi connectivity index (χ4n) is 1.99.